The fourth-order valence-corrected chi connectivity index (χ4v) is 2.66. The Morgan fingerprint density at radius 1 is 1.32 bits per heavy atom. The van der Waals surface area contributed by atoms with E-state index in [0.29, 0.717) is 6.61 Å². The van der Waals surface area contributed by atoms with Gasteiger partial charge in [0.15, 0.2) is 0 Å². The molecule has 2 nitrogen and oxygen atoms in total. The van der Waals surface area contributed by atoms with E-state index in [1.54, 1.807) is 6.08 Å². The molecule has 0 aliphatic heterocycles. The SMILES string of the molecule is CC1(C)C(C=C(Cl)Cl)C1C(=O)OCc1ccccc1. The maximum absolute atomic E-state index is 12.0. The highest BCUT2D eigenvalue weighted by molar-refractivity contribution is 6.55. The van der Waals surface area contributed by atoms with Gasteiger partial charge >= 0.3 is 5.97 Å². The fourth-order valence-electron chi connectivity index (χ4n) is 2.39. The maximum atomic E-state index is 12.0. The van der Waals surface area contributed by atoms with E-state index in [2.05, 4.69) is 0 Å². The van der Waals surface area contributed by atoms with E-state index in [0.717, 1.165) is 5.56 Å². The third-order valence-electron chi connectivity index (χ3n) is 3.69. The van der Waals surface area contributed by atoms with Crippen LogP contribution in [-0.2, 0) is 16.1 Å². The Kier molecular flexibility index (Phi) is 4.22. The Morgan fingerprint density at radius 2 is 1.95 bits per heavy atom. The smallest absolute Gasteiger partial charge is 0.310 e. The highest BCUT2D eigenvalue weighted by Gasteiger charge is 2.61. The normalized spacial score (nSPS) is 23.6. The third kappa shape index (κ3) is 3.31. The Morgan fingerprint density at radius 3 is 2.53 bits per heavy atom. The molecule has 0 radical (unpaired) electrons. The van der Waals surface area contributed by atoms with Crippen LogP contribution in [0.4, 0.5) is 0 Å². The summed E-state index contributed by atoms with van der Waals surface area (Å²) in [6.45, 7) is 4.33. The molecule has 0 saturated heterocycles. The minimum absolute atomic E-state index is 0.0563. The van der Waals surface area contributed by atoms with Gasteiger partial charge in [-0.15, -0.1) is 0 Å². The van der Waals surface area contributed by atoms with Crippen molar-refractivity contribution < 1.29 is 9.53 Å². The number of allylic oxidation sites excluding steroid dienone is 1. The lowest BCUT2D eigenvalue weighted by Crippen LogP contribution is -2.10. The van der Waals surface area contributed by atoms with Crippen LogP contribution in [0.1, 0.15) is 19.4 Å². The van der Waals surface area contributed by atoms with E-state index in [1.165, 1.54) is 0 Å². The van der Waals surface area contributed by atoms with Gasteiger partial charge in [-0.2, -0.15) is 0 Å². The molecule has 0 aromatic heterocycles. The molecular weight excluding hydrogens is 283 g/mol. The predicted octanol–water partition coefficient (Wildman–Crippen LogP) is 4.32. The van der Waals surface area contributed by atoms with Crippen molar-refractivity contribution in [3.63, 3.8) is 0 Å². The molecular formula is C15H16Cl2O2. The van der Waals surface area contributed by atoms with Crippen LogP contribution in [0.5, 0.6) is 0 Å². The second-order valence-electron chi connectivity index (χ2n) is 5.37. The molecule has 19 heavy (non-hydrogen) atoms. The maximum Gasteiger partial charge on any atom is 0.310 e. The number of esters is 1. The monoisotopic (exact) mass is 298 g/mol. The first-order valence-electron chi connectivity index (χ1n) is 6.16. The van der Waals surface area contributed by atoms with Crippen molar-refractivity contribution in [2.75, 3.05) is 0 Å². The summed E-state index contributed by atoms with van der Waals surface area (Å²) in [5.74, 6) is -0.297. The Labute approximate surface area is 123 Å². The van der Waals surface area contributed by atoms with Gasteiger partial charge < -0.3 is 4.74 Å². The lowest BCUT2D eigenvalue weighted by Gasteiger charge is -2.05. The first-order valence-corrected chi connectivity index (χ1v) is 6.92. The van der Waals surface area contributed by atoms with Crippen molar-refractivity contribution in [1.29, 1.82) is 0 Å². The van der Waals surface area contributed by atoms with Crippen LogP contribution in [0, 0.1) is 17.3 Å². The van der Waals surface area contributed by atoms with Gasteiger partial charge in [-0.1, -0.05) is 67.4 Å². The number of benzene rings is 1. The van der Waals surface area contributed by atoms with Crippen molar-refractivity contribution in [3.05, 3.63) is 46.5 Å². The lowest BCUT2D eigenvalue weighted by molar-refractivity contribution is -0.147. The highest BCUT2D eigenvalue weighted by Crippen LogP contribution is 2.60. The van der Waals surface area contributed by atoms with Gasteiger partial charge in [-0.05, 0) is 23.0 Å². The number of ether oxygens (including phenoxy) is 1. The summed E-state index contributed by atoms with van der Waals surface area (Å²) in [6.07, 6.45) is 1.72. The molecule has 0 N–H and O–H groups in total. The van der Waals surface area contributed by atoms with Crippen LogP contribution in [0.2, 0.25) is 0 Å². The van der Waals surface area contributed by atoms with Crippen molar-refractivity contribution >= 4 is 29.2 Å². The van der Waals surface area contributed by atoms with Crippen LogP contribution in [-0.4, -0.2) is 5.97 Å². The number of carbonyl (C=O) groups is 1. The van der Waals surface area contributed by atoms with Gasteiger partial charge in [0, 0.05) is 0 Å². The molecule has 1 aromatic carbocycles. The summed E-state index contributed by atoms with van der Waals surface area (Å²) >= 11 is 11.3. The molecule has 0 bridgehead atoms. The van der Waals surface area contributed by atoms with E-state index in [-0.39, 0.29) is 27.7 Å². The standard InChI is InChI=1S/C15H16Cl2O2/c1-15(2)11(8-12(16)17)13(15)14(18)19-9-10-6-4-3-5-7-10/h3-8,11,13H,9H2,1-2H3. The van der Waals surface area contributed by atoms with Crippen LogP contribution >= 0.6 is 23.2 Å². The van der Waals surface area contributed by atoms with Crippen molar-refractivity contribution in [2.45, 2.75) is 20.5 Å². The number of rotatable bonds is 4. The highest BCUT2D eigenvalue weighted by atomic mass is 35.5. The average Bonchev–Trinajstić information content (AvgIpc) is 2.88. The summed E-state index contributed by atoms with van der Waals surface area (Å²) in [4.78, 5) is 12.0. The summed E-state index contributed by atoms with van der Waals surface area (Å²) in [7, 11) is 0. The first kappa shape index (κ1) is 14.4. The summed E-state index contributed by atoms with van der Waals surface area (Å²) < 4.78 is 5.55. The van der Waals surface area contributed by atoms with Crippen LogP contribution < -0.4 is 0 Å². The van der Waals surface area contributed by atoms with Crippen molar-refractivity contribution in [1.82, 2.24) is 0 Å². The molecule has 2 rings (SSSR count). The molecule has 2 unspecified atom stereocenters. The van der Waals surface area contributed by atoms with Gasteiger partial charge in [-0.25, -0.2) is 0 Å². The molecule has 2 atom stereocenters. The van der Waals surface area contributed by atoms with E-state index in [1.807, 2.05) is 44.2 Å². The number of halogens is 2. The van der Waals surface area contributed by atoms with Crippen molar-refractivity contribution in [2.24, 2.45) is 17.3 Å². The summed E-state index contributed by atoms with van der Waals surface area (Å²) in [5.41, 5.74) is 0.847. The molecule has 0 heterocycles. The summed E-state index contributed by atoms with van der Waals surface area (Å²) in [5, 5.41) is 0. The van der Waals surface area contributed by atoms with Gasteiger partial charge in [0.1, 0.15) is 11.1 Å². The number of carbonyl (C=O) groups excluding carboxylic acids is 1. The zero-order chi connectivity index (χ0) is 14.0. The van der Waals surface area contributed by atoms with E-state index < -0.39 is 0 Å². The molecule has 1 fully saturated rings. The molecule has 1 aliphatic carbocycles. The molecule has 4 heteroatoms. The van der Waals surface area contributed by atoms with Crippen LogP contribution in [0.3, 0.4) is 0 Å². The molecule has 0 amide bonds. The number of hydrogen-bond donors (Lipinski definition) is 0. The number of hydrogen-bond acceptors (Lipinski definition) is 2. The topological polar surface area (TPSA) is 26.3 Å². The van der Waals surface area contributed by atoms with Gasteiger partial charge in [0.25, 0.3) is 0 Å². The van der Waals surface area contributed by atoms with Gasteiger partial charge in [0.2, 0.25) is 0 Å². The molecule has 102 valence electrons. The second-order valence-corrected chi connectivity index (χ2v) is 6.38. The first-order chi connectivity index (χ1) is 8.93. The second kappa shape index (κ2) is 5.56. The Hall–Kier alpha value is -0.990. The summed E-state index contributed by atoms with van der Waals surface area (Å²) in [6, 6.07) is 9.63. The minimum atomic E-state index is -0.190. The van der Waals surface area contributed by atoms with E-state index in [4.69, 9.17) is 27.9 Å². The van der Waals surface area contributed by atoms with Crippen molar-refractivity contribution in [3.8, 4) is 0 Å². The van der Waals surface area contributed by atoms with Gasteiger partial charge in [0.05, 0.1) is 5.92 Å². The molecule has 1 aliphatic rings. The minimum Gasteiger partial charge on any atom is -0.461 e. The molecule has 0 spiro atoms. The largest absolute Gasteiger partial charge is 0.461 e. The molecule has 1 saturated carbocycles. The Balaban J connectivity index is 1.93. The predicted molar refractivity (Wildman–Crippen MR) is 76.8 cm³/mol. The van der Waals surface area contributed by atoms with Crippen LogP contribution in [0.25, 0.3) is 0 Å². The van der Waals surface area contributed by atoms with Gasteiger partial charge in [-0.3, -0.25) is 4.79 Å². The molecule has 1 aromatic rings. The fraction of sp³-hybridized carbons (Fsp3) is 0.400. The average molecular weight is 299 g/mol. The zero-order valence-corrected chi connectivity index (χ0v) is 12.4. The lowest BCUT2D eigenvalue weighted by atomic mass is 10.1. The Bertz CT molecular complexity index is 490. The third-order valence-corrected chi connectivity index (χ3v) is 3.95. The quantitative estimate of drug-likeness (QED) is 0.774. The van der Waals surface area contributed by atoms with E-state index >= 15 is 0 Å². The van der Waals surface area contributed by atoms with Crippen LogP contribution in [0.15, 0.2) is 40.9 Å². The van der Waals surface area contributed by atoms with E-state index in [9.17, 15) is 4.79 Å². The zero-order valence-electron chi connectivity index (χ0n) is 10.9.